The highest BCUT2D eigenvalue weighted by atomic mass is 79.9. The quantitative estimate of drug-likeness (QED) is 0.800. The molecule has 2 rings (SSSR count). The van der Waals surface area contributed by atoms with Gasteiger partial charge in [-0.3, -0.25) is 0 Å². The average Bonchev–Trinajstić information content (AvgIpc) is 2.46. The van der Waals surface area contributed by atoms with Gasteiger partial charge in [-0.25, -0.2) is 0 Å². The summed E-state index contributed by atoms with van der Waals surface area (Å²) in [5.41, 5.74) is 1.75. The number of nitrogens with one attached hydrogen (secondary N) is 1. The zero-order chi connectivity index (χ0) is 14.5. The second-order valence-electron chi connectivity index (χ2n) is 4.08. The van der Waals surface area contributed by atoms with E-state index in [2.05, 4.69) is 43.2 Å². The van der Waals surface area contributed by atoms with Crippen molar-refractivity contribution < 1.29 is 4.74 Å². The number of nitrogens with zero attached hydrogens (tertiary/aromatic N) is 1. The van der Waals surface area contributed by atoms with Crippen molar-refractivity contribution in [3.05, 3.63) is 57.0 Å². The van der Waals surface area contributed by atoms with E-state index in [1.807, 2.05) is 42.5 Å². The Morgan fingerprint density at radius 1 is 1.15 bits per heavy atom. The molecule has 1 N–H and O–H groups in total. The normalized spacial score (nSPS) is 11.5. The number of hydrogen-bond donors (Lipinski definition) is 1. The number of ether oxygens (including phenoxy) is 1. The smallest absolute Gasteiger partial charge is 0.140 e. The lowest BCUT2D eigenvalue weighted by Gasteiger charge is -2.15. The first kappa shape index (κ1) is 14.9. The molecule has 0 fully saturated rings. The summed E-state index contributed by atoms with van der Waals surface area (Å²) < 4.78 is 6.94. The van der Waals surface area contributed by atoms with Gasteiger partial charge >= 0.3 is 0 Å². The van der Waals surface area contributed by atoms with Crippen molar-refractivity contribution in [2.75, 3.05) is 12.4 Å². The number of halogens is 2. The third-order valence-corrected chi connectivity index (χ3v) is 4.12. The van der Waals surface area contributed by atoms with Crippen molar-refractivity contribution in [3.8, 4) is 11.8 Å². The second kappa shape index (κ2) is 6.78. The lowest BCUT2D eigenvalue weighted by Crippen LogP contribution is -2.09. The first-order valence-corrected chi connectivity index (χ1v) is 7.48. The van der Waals surface area contributed by atoms with Crippen LogP contribution < -0.4 is 10.1 Å². The molecule has 0 aliphatic heterocycles. The van der Waals surface area contributed by atoms with E-state index < -0.39 is 6.04 Å². The summed E-state index contributed by atoms with van der Waals surface area (Å²) in [6, 6.07) is 15.1. The maximum Gasteiger partial charge on any atom is 0.140 e. The molecule has 5 heteroatoms. The molecule has 0 aromatic heterocycles. The molecule has 102 valence electrons. The van der Waals surface area contributed by atoms with Crippen LogP contribution in [0.3, 0.4) is 0 Å². The summed E-state index contributed by atoms with van der Waals surface area (Å²) in [7, 11) is 1.61. The van der Waals surface area contributed by atoms with Gasteiger partial charge in [-0.05, 0) is 61.7 Å². The Morgan fingerprint density at radius 2 is 1.90 bits per heavy atom. The molecule has 0 bridgehead atoms. The van der Waals surface area contributed by atoms with Crippen LogP contribution in [-0.4, -0.2) is 7.11 Å². The Balaban J connectivity index is 2.27. The predicted molar refractivity (Wildman–Crippen MR) is 86.8 cm³/mol. The molecule has 1 unspecified atom stereocenters. The van der Waals surface area contributed by atoms with Crippen molar-refractivity contribution >= 4 is 37.5 Å². The highest BCUT2D eigenvalue weighted by Gasteiger charge is 2.13. The van der Waals surface area contributed by atoms with Crippen molar-refractivity contribution in [1.29, 1.82) is 5.26 Å². The zero-order valence-corrected chi connectivity index (χ0v) is 13.9. The van der Waals surface area contributed by atoms with Crippen LogP contribution in [-0.2, 0) is 0 Å². The zero-order valence-electron chi connectivity index (χ0n) is 10.7. The highest BCUT2D eigenvalue weighted by molar-refractivity contribution is 9.11. The molecule has 0 aliphatic rings. The van der Waals surface area contributed by atoms with Crippen molar-refractivity contribution in [3.63, 3.8) is 0 Å². The van der Waals surface area contributed by atoms with Gasteiger partial charge < -0.3 is 10.1 Å². The van der Waals surface area contributed by atoms with Gasteiger partial charge in [-0.1, -0.05) is 18.2 Å². The van der Waals surface area contributed by atoms with Crippen LogP contribution >= 0.6 is 31.9 Å². The van der Waals surface area contributed by atoms with E-state index in [1.54, 1.807) is 7.11 Å². The SMILES string of the molecule is COc1ccc(C(C#N)Nc2ccccc2Br)cc1Br. The fourth-order valence-corrected chi connectivity index (χ4v) is 2.74. The van der Waals surface area contributed by atoms with Crippen LogP contribution in [0.15, 0.2) is 51.4 Å². The Labute approximate surface area is 134 Å². The van der Waals surface area contributed by atoms with Gasteiger partial charge in [0, 0.05) is 10.2 Å². The Kier molecular flexibility index (Phi) is 5.05. The van der Waals surface area contributed by atoms with E-state index in [4.69, 9.17) is 4.74 Å². The summed E-state index contributed by atoms with van der Waals surface area (Å²) in [6.07, 6.45) is 0. The molecule has 3 nitrogen and oxygen atoms in total. The molecular formula is C15H12Br2N2O. The highest BCUT2D eigenvalue weighted by Crippen LogP contribution is 2.30. The van der Waals surface area contributed by atoms with Crippen molar-refractivity contribution in [2.45, 2.75) is 6.04 Å². The Bertz CT molecular complexity index is 653. The second-order valence-corrected chi connectivity index (χ2v) is 5.79. The van der Waals surface area contributed by atoms with E-state index in [0.29, 0.717) is 0 Å². The first-order chi connectivity index (χ1) is 9.65. The Morgan fingerprint density at radius 3 is 2.50 bits per heavy atom. The number of methoxy groups -OCH3 is 1. The van der Waals surface area contributed by atoms with Gasteiger partial charge in [0.1, 0.15) is 11.8 Å². The number of rotatable bonds is 4. The molecule has 0 saturated carbocycles. The molecule has 1 atom stereocenters. The van der Waals surface area contributed by atoms with E-state index in [0.717, 1.165) is 25.9 Å². The summed E-state index contributed by atoms with van der Waals surface area (Å²) in [5, 5.41) is 12.6. The maximum atomic E-state index is 9.37. The minimum atomic E-state index is -0.434. The molecule has 0 saturated heterocycles. The topological polar surface area (TPSA) is 45.0 Å². The summed E-state index contributed by atoms with van der Waals surface area (Å²) in [5.74, 6) is 0.742. The van der Waals surface area contributed by atoms with Crippen LogP contribution in [0.25, 0.3) is 0 Å². The molecular weight excluding hydrogens is 384 g/mol. The molecule has 0 amide bonds. The fourth-order valence-electron chi connectivity index (χ4n) is 1.79. The molecule has 0 radical (unpaired) electrons. The molecule has 0 aliphatic carbocycles. The first-order valence-electron chi connectivity index (χ1n) is 5.90. The minimum absolute atomic E-state index is 0.434. The van der Waals surface area contributed by atoms with Gasteiger partial charge in [0.15, 0.2) is 0 Å². The third kappa shape index (κ3) is 3.33. The van der Waals surface area contributed by atoms with Crippen LogP contribution in [0, 0.1) is 11.3 Å². The lowest BCUT2D eigenvalue weighted by atomic mass is 10.1. The Hall–Kier alpha value is -1.51. The van der Waals surface area contributed by atoms with Gasteiger partial charge in [-0.15, -0.1) is 0 Å². The summed E-state index contributed by atoms with van der Waals surface area (Å²) in [4.78, 5) is 0. The van der Waals surface area contributed by atoms with Crippen LogP contribution in [0.1, 0.15) is 11.6 Å². The monoisotopic (exact) mass is 394 g/mol. The van der Waals surface area contributed by atoms with Crippen molar-refractivity contribution in [1.82, 2.24) is 0 Å². The lowest BCUT2D eigenvalue weighted by molar-refractivity contribution is 0.412. The minimum Gasteiger partial charge on any atom is -0.496 e. The number of para-hydroxylation sites is 1. The van der Waals surface area contributed by atoms with Crippen molar-refractivity contribution in [2.24, 2.45) is 0 Å². The molecule has 2 aromatic carbocycles. The maximum absolute atomic E-state index is 9.37. The summed E-state index contributed by atoms with van der Waals surface area (Å²) >= 11 is 6.90. The summed E-state index contributed by atoms with van der Waals surface area (Å²) in [6.45, 7) is 0. The average molecular weight is 396 g/mol. The van der Waals surface area contributed by atoms with E-state index >= 15 is 0 Å². The molecule has 0 heterocycles. The largest absolute Gasteiger partial charge is 0.496 e. The molecule has 0 spiro atoms. The molecule has 20 heavy (non-hydrogen) atoms. The van der Waals surface area contributed by atoms with Gasteiger partial charge in [-0.2, -0.15) is 5.26 Å². The van der Waals surface area contributed by atoms with E-state index in [-0.39, 0.29) is 0 Å². The number of anilines is 1. The number of nitriles is 1. The fraction of sp³-hybridized carbons (Fsp3) is 0.133. The van der Waals surface area contributed by atoms with E-state index in [1.165, 1.54) is 0 Å². The van der Waals surface area contributed by atoms with Gasteiger partial charge in [0.25, 0.3) is 0 Å². The van der Waals surface area contributed by atoms with Crippen LogP contribution in [0.4, 0.5) is 5.69 Å². The molecule has 2 aromatic rings. The van der Waals surface area contributed by atoms with Gasteiger partial charge in [0.05, 0.1) is 17.7 Å². The van der Waals surface area contributed by atoms with Gasteiger partial charge in [0.2, 0.25) is 0 Å². The van der Waals surface area contributed by atoms with E-state index in [9.17, 15) is 5.26 Å². The van der Waals surface area contributed by atoms with Crippen LogP contribution in [0.5, 0.6) is 5.75 Å². The predicted octanol–water partition coefficient (Wildman–Crippen LogP) is 4.90. The number of hydrogen-bond acceptors (Lipinski definition) is 3. The standard InChI is InChI=1S/C15H12Br2N2O/c1-20-15-7-6-10(8-12(15)17)14(9-18)19-13-5-3-2-4-11(13)16/h2-8,14,19H,1H3. The van der Waals surface area contributed by atoms with Crippen LogP contribution in [0.2, 0.25) is 0 Å². The third-order valence-electron chi connectivity index (χ3n) is 2.81. The number of benzene rings is 2.